The van der Waals surface area contributed by atoms with Crippen LogP contribution >= 0.6 is 0 Å². The minimum Gasteiger partial charge on any atom is -0.480 e. The maximum Gasteiger partial charge on any atom is 0.326 e. The number of aliphatic carboxylic acids is 1. The number of benzene rings is 1. The SMILES string of the molecule is CC(OCC1CCCCO1)C(=O)NC(CC1CCCc2ccccc21)C(=O)O. The van der Waals surface area contributed by atoms with Gasteiger partial charge in [0.15, 0.2) is 0 Å². The van der Waals surface area contributed by atoms with Gasteiger partial charge in [-0.1, -0.05) is 24.3 Å². The van der Waals surface area contributed by atoms with E-state index in [0.717, 1.165) is 45.1 Å². The average Bonchev–Trinajstić information content (AvgIpc) is 2.72. The average molecular weight is 389 g/mol. The molecule has 3 rings (SSSR count). The van der Waals surface area contributed by atoms with Gasteiger partial charge in [-0.3, -0.25) is 4.79 Å². The van der Waals surface area contributed by atoms with Crippen molar-refractivity contribution in [3.63, 3.8) is 0 Å². The van der Waals surface area contributed by atoms with Crippen molar-refractivity contribution in [2.75, 3.05) is 13.2 Å². The normalized spacial score (nSPS) is 24.0. The van der Waals surface area contributed by atoms with Crippen LogP contribution in [-0.4, -0.2) is 48.4 Å². The van der Waals surface area contributed by atoms with Crippen molar-refractivity contribution in [2.45, 2.75) is 76.0 Å². The summed E-state index contributed by atoms with van der Waals surface area (Å²) >= 11 is 0. The van der Waals surface area contributed by atoms with Crippen LogP contribution in [0.1, 0.15) is 62.5 Å². The fourth-order valence-electron chi connectivity index (χ4n) is 4.16. The smallest absolute Gasteiger partial charge is 0.326 e. The highest BCUT2D eigenvalue weighted by molar-refractivity contribution is 5.86. The number of carbonyl (C=O) groups excluding carboxylic acids is 1. The van der Waals surface area contributed by atoms with E-state index >= 15 is 0 Å². The lowest BCUT2D eigenvalue weighted by Gasteiger charge is -2.28. The molecular weight excluding hydrogens is 358 g/mol. The Morgan fingerprint density at radius 1 is 1.25 bits per heavy atom. The monoisotopic (exact) mass is 389 g/mol. The number of hydrogen-bond donors (Lipinski definition) is 2. The van der Waals surface area contributed by atoms with Crippen LogP contribution in [0, 0.1) is 0 Å². The Labute approximate surface area is 166 Å². The zero-order valence-electron chi connectivity index (χ0n) is 16.6. The number of rotatable bonds is 8. The Bertz CT molecular complexity index is 671. The number of aryl methyl sites for hydroxylation is 1. The first-order valence-corrected chi connectivity index (χ1v) is 10.4. The molecule has 6 nitrogen and oxygen atoms in total. The van der Waals surface area contributed by atoms with Gasteiger partial charge < -0.3 is 19.9 Å². The lowest BCUT2D eigenvalue weighted by atomic mass is 9.79. The predicted octanol–water partition coefficient (Wildman–Crippen LogP) is 3.04. The van der Waals surface area contributed by atoms with Gasteiger partial charge in [0.1, 0.15) is 12.1 Å². The number of ether oxygens (including phenoxy) is 2. The fourth-order valence-corrected chi connectivity index (χ4v) is 4.16. The van der Waals surface area contributed by atoms with Crippen molar-refractivity contribution in [3.05, 3.63) is 35.4 Å². The van der Waals surface area contributed by atoms with Crippen molar-refractivity contribution in [3.8, 4) is 0 Å². The fraction of sp³-hybridized carbons (Fsp3) is 0.636. The van der Waals surface area contributed by atoms with Crippen molar-refractivity contribution in [1.82, 2.24) is 5.32 Å². The van der Waals surface area contributed by atoms with Crippen molar-refractivity contribution in [2.24, 2.45) is 0 Å². The molecule has 4 unspecified atom stereocenters. The molecule has 1 aromatic rings. The van der Waals surface area contributed by atoms with Gasteiger partial charge in [0.25, 0.3) is 0 Å². The van der Waals surface area contributed by atoms with Gasteiger partial charge in [-0.05, 0) is 68.9 Å². The molecule has 1 saturated heterocycles. The highest BCUT2D eigenvalue weighted by Gasteiger charge is 2.29. The third kappa shape index (κ3) is 5.55. The molecule has 1 aromatic carbocycles. The van der Waals surface area contributed by atoms with E-state index in [0.29, 0.717) is 13.0 Å². The van der Waals surface area contributed by atoms with Crippen LogP contribution in [-0.2, 0) is 25.5 Å². The number of carboxylic acid groups (broad SMARTS) is 1. The van der Waals surface area contributed by atoms with E-state index in [1.807, 2.05) is 12.1 Å². The Kier molecular flexibility index (Phi) is 7.45. The summed E-state index contributed by atoms with van der Waals surface area (Å²) in [6, 6.07) is 7.29. The van der Waals surface area contributed by atoms with Crippen LogP contribution in [0.3, 0.4) is 0 Å². The summed E-state index contributed by atoms with van der Waals surface area (Å²) in [4.78, 5) is 24.3. The second kappa shape index (κ2) is 10.0. The zero-order chi connectivity index (χ0) is 19.9. The van der Waals surface area contributed by atoms with E-state index in [4.69, 9.17) is 9.47 Å². The molecule has 0 aromatic heterocycles. The van der Waals surface area contributed by atoms with Gasteiger partial charge in [-0.15, -0.1) is 0 Å². The number of hydrogen-bond acceptors (Lipinski definition) is 4. The molecule has 2 N–H and O–H groups in total. The van der Waals surface area contributed by atoms with E-state index in [1.165, 1.54) is 11.1 Å². The summed E-state index contributed by atoms with van der Waals surface area (Å²) in [5, 5.41) is 12.3. The molecule has 28 heavy (non-hydrogen) atoms. The van der Waals surface area contributed by atoms with Crippen LogP contribution in [0.25, 0.3) is 0 Å². The van der Waals surface area contributed by atoms with Crippen molar-refractivity contribution >= 4 is 11.9 Å². The summed E-state index contributed by atoms with van der Waals surface area (Å²) in [7, 11) is 0. The lowest BCUT2D eigenvalue weighted by molar-refractivity contribution is -0.145. The van der Waals surface area contributed by atoms with Crippen molar-refractivity contribution < 1.29 is 24.2 Å². The van der Waals surface area contributed by atoms with Gasteiger partial charge in [-0.2, -0.15) is 0 Å². The van der Waals surface area contributed by atoms with E-state index < -0.39 is 18.1 Å². The molecule has 1 fully saturated rings. The van der Waals surface area contributed by atoms with E-state index in [1.54, 1.807) is 6.92 Å². The zero-order valence-corrected chi connectivity index (χ0v) is 16.6. The third-order valence-corrected chi connectivity index (χ3v) is 5.80. The molecule has 1 aliphatic heterocycles. The van der Waals surface area contributed by atoms with Crippen molar-refractivity contribution in [1.29, 1.82) is 0 Å². The molecule has 4 atom stereocenters. The van der Waals surface area contributed by atoms with Gasteiger partial charge in [-0.25, -0.2) is 4.79 Å². The van der Waals surface area contributed by atoms with Crippen LogP contribution in [0.15, 0.2) is 24.3 Å². The molecule has 6 heteroatoms. The summed E-state index contributed by atoms with van der Waals surface area (Å²) in [5.74, 6) is -1.23. The summed E-state index contributed by atoms with van der Waals surface area (Å²) < 4.78 is 11.3. The molecule has 1 heterocycles. The molecule has 0 spiro atoms. The molecule has 0 radical (unpaired) electrons. The molecule has 1 amide bonds. The topological polar surface area (TPSA) is 84.9 Å². The number of carbonyl (C=O) groups is 2. The number of nitrogens with one attached hydrogen (secondary N) is 1. The minimum absolute atomic E-state index is 0.0259. The first-order valence-electron chi connectivity index (χ1n) is 10.4. The van der Waals surface area contributed by atoms with E-state index in [2.05, 4.69) is 17.4 Å². The highest BCUT2D eigenvalue weighted by atomic mass is 16.5. The standard InChI is InChI=1S/C22H31NO5/c1-15(28-14-18-10-4-5-12-27-18)21(24)23-20(22(25)26)13-17-9-6-8-16-7-2-3-11-19(16)17/h2-3,7,11,15,17-18,20H,4-6,8-10,12-14H2,1H3,(H,23,24)(H,25,26). The Hall–Kier alpha value is -1.92. The Balaban J connectivity index is 1.54. The van der Waals surface area contributed by atoms with E-state index in [-0.39, 0.29) is 17.9 Å². The van der Waals surface area contributed by atoms with E-state index in [9.17, 15) is 14.7 Å². The summed E-state index contributed by atoms with van der Waals surface area (Å²) in [5.41, 5.74) is 2.51. The minimum atomic E-state index is -1.00. The van der Waals surface area contributed by atoms with Gasteiger partial charge in [0.05, 0.1) is 12.7 Å². The summed E-state index contributed by atoms with van der Waals surface area (Å²) in [6.45, 7) is 2.76. The highest BCUT2D eigenvalue weighted by Crippen LogP contribution is 2.34. The lowest BCUT2D eigenvalue weighted by Crippen LogP contribution is -2.46. The largest absolute Gasteiger partial charge is 0.480 e. The first-order chi connectivity index (χ1) is 13.5. The number of amides is 1. The van der Waals surface area contributed by atoms with Crippen LogP contribution in [0.2, 0.25) is 0 Å². The summed E-state index contributed by atoms with van der Waals surface area (Å²) in [6.07, 6.45) is 5.86. The number of carboxylic acids is 1. The molecule has 2 aliphatic rings. The van der Waals surface area contributed by atoms with Gasteiger partial charge >= 0.3 is 5.97 Å². The maximum atomic E-state index is 12.5. The first kappa shape index (κ1) is 20.8. The molecule has 0 saturated carbocycles. The quantitative estimate of drug-likeness (QED) is 0.714. The predicted molar refractivity (Wildman–Crippen MR) is 105 cm³/mol. The Morgan fingerprint density at radius 2 is 2.07 bits per heavy atom. The Morgan fingerprint density at radius 3 is 2.82 bits per heavy atom. The number of fused-ring (bicyclic) bond motifs is 1. The third-order valence-electron chi connectivity index (χ3n) is 5.80. The van der Waals surface area contributed by atoms with Gasteiger partial charge in [0, 0.05) is 6.61 Å². The van der Waals surface area contributed by atoms with Crippen LogP contribution in [0.4, 0.5) is 0 Å². The second-order valence-corrected chi connectivity index (χ2v) is 7.89. The maximum absolute atomic E-state index is 12.5. The van der Waals surface area contributed by atoms with Crippen LogP contribution < -0.4 is 5.32 Å². The van der Waals surface area contributed by atoms with Crippen LogP contribution in [0.5, 0.6) is 0 Å². The molecular formula is C22H31NO5. The molecule has 1 aliphatic carbocycles. The van der Waals surface area contributed by atoms with Gasteiger partial charge in [0.2, 0.25) is 5.91 Å². The molecule has 0 bridgehead atoms. The second-order valence-electron chi connectivity index (χ2n) is 7.89. The molecule has 154 valence electrons.